The molecule has 0 aliphatic heterocycles. The summed E-state index contributed by atoms with van der Waals surface area (Å²) in [5.41, 5.74) is 3.48. The third-order valence-corrected chi connectivity index (χ3v) is 4.56. The highest BCUT2D eigenvalue weighted by Crippen LogP contribution is 2.37. The van der Waals surface area contributed by atoms with Crippen LogP contribution in [0.4, 0.5) is 0 Å². The maximum absolute atomic E-state index is 8.75. The summed E-state index contributed by atoms with van der Waals surface area (Å²) in [4.78, 5) is 0. The van der Waals surface area contributed by atoms with Crippen molar-refractivity contribution in [2.45, 2.75) is 27.0 Å². The third kappa shape index (κ3) is 10.0. The second kappa shape index (κ2) is 15.8. The molecular formula is C21H31BrCl2N2O3. The van der Waals surface area contributed by atoms with E-state index in [2.05, 4.69) is 63.8 Å². The smallest absolute Gasteiger partial charge is 0.175 e. The SMILES string of the molecule is CCOc1cc(CNCCNCCO)cc(Br)c1OCc1ccc(C)cc1.Cl.Cl. The molecule has 3 N–H and O–H groups in total. The Morgan fingerprint density at radius 1 is 0.931 bits per heavy atom. The molecule has 5 nitrogen and oxygen atoms in total. The Bertz CT molecular complexity index is 703. The van der Waals surface area contributed by atoms with Crippen LogP contribution in [0.5, 0.6) is 11.5 Å². The minimum absolute atomic E-state index is 0. The summed E-state index contributed by atoms with van der Waals surface area (Å²) in [5.74, 6) is 1.47. The molecule has 0 aromatic heterocycles. The molecule has 0 unspecified atom stereocenters. The number of benzene rings is 2. The summed E-state index contributed by atoms with van der Waals surface area (Å²) in [6.45, 7) is 8.27. The highest BCUT2D eigenvalue weighted by Gasteiger charge is 2.12. The van der Waals surface area contributed by atoms with Gasteiger partial charge in [-0.1, -0.05) is 29.8 Å². The number of aryl methyl sites for hydroxylation is 1. The lowest BCUT2D eigenvalue weighted by Crippen LogP contribution is -2.28. The molecule has 0 saturated carbocycles. The zero-order chi connectivity index (χ0) is 19.5. The first-order valence-corrected chi connectivity index (χ1v) is 10.1. The number of nitrogens with one attached hydrogen (secondary N) is 2. The van der Waals surface area contributed by atoms with E-state index in [9.17, 15) is 0 Å². The van der Waals surface area contributed by atoms with E-state index < -0.39 is 0 Å². The fraction of sp³-hybridized carbons (Fsp3) is 0.429. The molecule has 2 aromatic carbocycles. The van der Waals surface area contributed by atoms with Crippen LogP contribution in [0, 0.1) is 6.92 Å². The normalized spacial score (nSPS) is 10.1. The Labute approximate surface area is 194 Å². The van der Waals surface area contributed by atoms with Gasteiger partial charge < -0.3 is 25.2 Å². The van der Waals surface area contributed by atoms with Gasteiger partial charge in [-0.05, 0) is 53.0 Å². The maximum Gasteiger partial charge on any atom is 0.175 e. The molecule has 2 rings (SSSR count). The summed E-state index contributed by atoms with van der Waals surface area (Å²) in [6, 6.07) is 12.4. The molecule has 29 heavy (non-hydrogen) atoms. The molecule has 0 saturated heterocycles. The van der Waals surface area contributed by atoms with Gasteiger partial charge in [0.15, 0.2) is 11.5 Å². The lowest BCUT2D eigenvalue weighted by atomic mass is 10.1. The van der Waals surface area contributed by atoms with Crippen molar-refractivity contribution >= 4 is 40.7 Å². The van der Waals surface area contributed by atoms with Crippen LogP contribution in [0.2, 0.25) is 0 Å². The second-order valence-electron chi connectivity index (χ2n) is 6.26. The van der Waals surface area contributed by atoms with Crippen molar-refractivity contribution in [2.75, 3.05) is 32.8 Å². The van der Waals surface area contributed by atoms with Gasteiger partial charge in [0.25, 0.3) is 0 Å². The van der Waals surface area contributed by atoms with Crippen LogP contribution >= 0.6 is 40.7 Å². The predicted octanol–water partition coefficient (Wildman–Crippen LogP) is 4.25. The van der Waals surface area contributed by atoms with Crippen molar-refractivity contribution in [3.63, 3.8) is 0 Å². The molecular weight excluding hydrogens is 479 g/mol. The van der Waals surface area contributed by atoms with Crippen LogP contribution in [0.15, 0.2) is 40.9 Å². The van der Waals surface area contributed by atoms with Crippen LogP contribution in [0.25, 0.3) is 0 Å². The van der Waals surface area contributed by atoms with E-state index in [1.165, 1.54) is 5.56 Å². The molecule has 0 radical (unpaired) electrons. The fourth-order valence-electron chi connectivity index (χ4n) is 2.58. The highest BCUT2D eigenvalue weighted by atomic mass is 79.9. The van der Waals surface area contributed by atoms with Gasteiger partial charge >= 0.3 is 0 Å². The largest absolute Gasteiger partial charge is 0.490 e. The Hall–Kier alpha value is -1.02. The standard InChI is InChI=1S/C21H29BrN2O3.2ClH/c1-3-26-20-13-18(14-24-9-8-23-10-11-25)12-19(22)21(20)27-15-17-6-4-16(2)5-7-17;;/h4-7,12-13,23-25H,3,8-11,14-15H2,1-2H3;2*1H. The van der Waals surface area contributed by atoms with Crippen molar-refractivity contribution < 1.29 is 14.6 Å². The maximum atomic E-state index is 8.75. The molecule has 2 aromatic rings. The molecule has 0 aliphatic rings. The molecule has 0 atom stereocenters. The summed E-state index contributed by atoms with van der Waals surface area (Å²) in [6.07, 6.45) is 0. The lowest BCUT2D eigenvalue weighted by molar-refractivity contribution is 0.267. The second-order valence-corrected chi connectivity index (χ2v) is 7.12. The number of aliphatic hydroxyl groups excluding tert-OH is 1. The van der Waals surface area contributed by atoms with Crippen molar-refractivity contribution in [3.8, 4) is 11.5 Å². The molecule has 0 amide bonds. The fourth-order valence-corrected chi connectivity index (χ4v) is 3.18. The van der Waals surface area contributed by atoms with Crippen LogP contribution in [0.1, 0.15) is 23.6 Å². The summed E-state index contributed by atoms with van der Waals surface area (Å²) in [5, 5.41) is 15.3. The zero-order valence-corrected chi connectivity index (χ0v) is 20.1. The van der Waals surface area contributed by atoms with Crippen molar-refractivity contribution in [2.24, 2.45) is 0 Å². The van der Waals surface area contributed by atoms with E-state index in [0.29, 0.717) is 19.8 Å². The van der Waals surface area contributed by atoms with Crippen molar-refractivity contribution in [3.05, 3.63) is 57.6 Å². The number of halogens is 3. The monoisotopic (exact) mass is 508 g/mol. The average Bonchev–Trinajstić information content (AvgIpc) is 2.65. The van der Waals surface area contributed by atoms with Crippen molar-refractivity contribution in [1.82, 2.24) is 10.6 Å². The Morgan fingerprint density at radius 3 is 2.28 bits per heavy atom. The first kappa shape index (κ1) is 28.0. The van der Waals surface area contributed by atoms with Gasteiger partial charge in [0.1, 0.15) is 6.61 Å². The molecule has 0 fully saturated rings. The minimum atomic E-state index is 0. The Balaban J connectivity index is 0.00000392. The third-order valence-electron chi connectivity index (χ3n) is 3.97. The van der Waals surface area contributed by atoms with Crippen LogP contribution in [0.3, 0.4) is 0 Å². The predicted molar refractivity (Wildman–Crippen MR) is 127 cm³/mol. The number of rotatable bonds is 12. The molecule has 0 aliphatic carbocycles. The zero-order valence-electron chi connectivity index (χ0n) is 16.9. The van der Waals surface area contributed by atoms with E-state index >= 15 is 0 Å². The van der Waals surface area contributed by atoms with Gasteiger partial charge in [-0.25, -0.2) is 0 Å². The molecule has 0 heterocycles. The summed E-state index contributed by atoms with van der Waals surface area (Å²) in [7, 11) is 0. The van der Waals surface area contributed by atoms with E-state index in [4.69, 9.17) is 14.6 Å². The summed E-state index contributed by atoms with van der Waals surface area (Å²) < 4.78 is 12.7. The molecule has 0 spiro atoms. The number of aliphatic hydroxyl groups is 1. The average molecular weight is 510 g/mol. The lowest BCUT2D eigenvalue weighted by Gasteiger charge is -2.16. The van der Waals surface area contributed by atoms with Crippen LogP contribution < -0.4 is 20.1 Å². The van der Waals surface area contributed by atoms with Gasteiger partial charge in [-0.2, -0.15) is 0 Å². The van der Waals surface area contributed by atoms with E-state index in [1.54, 1.807) is 0 Å². The first-order valence-electron chi connectivity index (χ1n) is 9.30. The Kier molecular flexibility index (Phi) is 15.2. The van der Waals surface area contributed by atoms with Crippen LogP contribution in [-0.2, 0) is 13.2 Å². The molecule has 8 heteroatoms. The van der Waals surface area contributed by atoms with Gasteiger partial charge in [0, 0.05) is 26.2 Å². The number of hydrogen-bond acceptors (Lipinski definition) is 5. The van der Waals surface area contributed by atoms with Gasteiger partial charge in [-0.15, -0.1) is 24.8 Å². The van der Waals surface area contributed by atoms with Crippen molar-refractivity contribution in [1.29, 1.82) is 0 Å². The highest BCUT2D eigenvalue weighted by molar-refractivity contribution is 9.10. The van der Waals surface area contributed by atoms with E-state index in [-0.39, 0.29) is 31.4 Å². The topological polar surface area (TPSA) is 62.8 Å². The van der Waals surface area contributed by atoms with Gasteiger partial charge in [-0.3, -0.25) is 0 Å². The van der Waals surface area contributed by atoms with E-state index in [0.717, 1.165) is 46.7 Å². The minimum Gasteiger partial charge on any atom is -0.490 e. The van der Waals surface area contributed by atoms with Gasteiger partial charge in [0.05, 0.1) is 17.7 Å². The quantitative estimate of drug-likeness (QED) is 0.373. The number of hydrogen-bond donors (Lipinski definition) is 3. The number of ether oxygens (including phenoxy) is 2. The van der Waals surface area contributed by atoms with Gasteiger partial charge in [0.2, 0.25) is 0 Å². The molecule has 0 bridgehead atoms. The molecule has 164 valence electrons. The van der Waals surface area contributed by atoms with Crippen LogP contribution in [-0.4, -0.2) is 38.0 Å². The Morgan fingerprint density at radius 2 is 1.62 bits per heavy atom. The van der Waals surface area contributed by atoms with E-state index in [1.807, 2.05) is 13.0 Å². The summed E-state index contributed by atoms with van der Waals surface area (Å²) >= 11 is 3.62. The first-order chi connectivity index (χ1) is 13.1.